The zero-order valence-corrected chi connectivity index (χ0v) is 15.5. The summed E-state index contributed by atoms with van der Waals surface area (Å²) in [5.74, 6) is 1.33. The van der Waals surface area contributed by atoms with Crippen molar-refractivity contribution >= 4 is 12.0 Å². The molecule has 0 unspecified atom stereocenters. The Bertz CT molecular complexity index is 683. The van der Waals surface area contributed by atoms with E-state index in [1.54, 1.807) is 23.1 Å². The van der Waals surface area contributed by atoms with Crippen LogP contribution < -0.4 is 14.8 Å². The molecule has 0 aliphatic carbocycles. The van der Waals surface area contributed by atoms with Crippen LogP contribution in [-0.2, 0) is 4.74 Å². The van der Waals surface area contributed by atoms with Crippen molar-refractivity contribution in [1.82, 2.24) is 10.2 Å². The Kier molecular flexibility index (Phi) is 5.25. The third-order valence-electron chi connectivity index (χ3n) is 4.29. The van der Waals surface area contributed by atoms with E-state index < -0.39 is 5.60 Å². The summed E-state index contributed by atoms with van der Waals surface area (Å²) in [7, 11) is 0. The maximum absolute atomic E-state index is 12.4. The minimum Gasteiger partial charge on any atom is -0.486 e. The zero-order chi connectivity index (χ0) is 18.7. The lowest BCUT2D eigenvalue weighted by Gasteiger charge is -2.24. The smallest absolute Gasteiger partial charge is 0.410 e. The van der Waals surface area contributed by atoms with Crippen LogP contribution in [0.15, 0.2) is 18.2 Å². The SMILES string of the molecule is CC(C)(C)OC(=O)N1CC[C@@H](CNC(=O)c2ccc3c(c2)OCCO3)C1. The maximum atomic E-state index is 12.4. The van der Waals surface area contributed by atoms with Crippen LogP contribution in [0.4, 0.5) is 4.79 Å². The lowest BCUT2D eigenvalue weighted by molar-refractivity contribution is 0.0288. The van der Waals surface area contributed by atoms with E-state index in [-0.39, 0.29) is 17.9 Å². The number of carbonyl (C=O) groups excluding carboxylic acids is 2. The monoisotopic (exact) mass is 362 g/mol. The Morgan fingerprint density at radius 3 is 2.69 bits per heavy atom. The van der Waals surface area contributed by atoms with Crippen molar-refractivity contribution in [3.05, 3.63) is 23.8 Å². The predicted octanol–water partition coefficient (Wildman–Crippen LogP) is 2.44. The molecule has 2 heterocycles. The van der Waals surface area contributed by atoms with Gasteiger partial charge in [-0.15, -0.1) is 0 Å². The molecule has 1 N–H and O–H groups in total. The summed E-state index contributed by atoms with van der Waals surface area (Å²) in [4.78, 5) is 26.2. The highest BCUT2D eigenvalue weighted by molar-refractivity contribution is 5.94. The van der Waals surface area contributed by atoms with Gasteiger partial charge in [0.2, 0.25) is 0 Å². The first-order valence-corrected chi connectivity index (χ1v) is 8.97. The highest BCUT2D eigenvalue weighted by Gasteiger charge is 2.30. The predicted molar refractivity (Wildman–Crippen MR) is 95.7 cm³/mol. The summed E-state index contributed by atoms with van der Waals surface area (Å²) in [5, 5.41) is 2.94. The molecular weight excluding hydrogens is 336 g/mol. The molecular formula is C19H26N2O5. The number of nitrogens with one attached hydrogen (secondary N) is 1. The molecule has 0 saturated carbocycles. The molecule has 1 saturated heterocycles. The van der Waals surface area contributed by atoms with Crippen LogP contribution in [0.1, 0.15) is 37.6 Å². The van der Waals surface area contributed by atoms with Crippen molar-refractivity contribution in [2.24, 2.45) is 5.92 Å². The lowest BCUT2D eigenvalue weighted by Crippen LogP contribution is -2.36. The van der Waals surface area contributed by atoms with Crippen molar-refractivity contribution in [1.29, 1.82) is 0 Å². The van der Waals surface area contributed by atoms with E-state index in [0.717, 1.165) is 6.42 Å². The number of hydrogen-bond donors (Lipinski definition) is 1. The summed E-state index contributed by atoms with van der Waals surface area (Å²) in [6.07, 6.45) is 0.555. The van der Waals surface area contributed by atoms with E-state index in [1.807, 2.05) is 20.8 Å². The average Bonchev–Trinajstić information content (AvgIpc) is 3.07. The van der Waals surface area contributed by atoms with Gasteiger partial charge < -0.3 is 24.4 Å². The fraction of sp³-hybridized carbons (Fsp3) is 0.579. The van der Waals surface area contributed by atoms with Crippen LogP contribution in [0.25, 0.3) is 0 Å². The van der Waals surface area contributed by atoms with Crippen LogP contribution in [0.2, 0.25) is 0 Å². The van der Waals surface area contributed by atoms with Gasteiger partial charge in [0.25, 0.3) is 5.91 Å². The first-order valence-electron chi connectivity index (χ1n) is 8.97. The number of nitrogens with zero attached hydrogens (tertiary/aromatic N) is 1. The molecule has 7 nitrogen and oxygen atoms in total. The second-order valence-electron chi connectivity index (χ2n) is 7.65. The number of carbonyl (C=O) groups is 2. The molecule has 0 aromatic heterocycles. The zero-order valence-electron chi connectivity index (χ0n) is 15.5. The molecule has 3 rings (SSSR count). The minimum atomic E-state index is -0.498. The quantitative estimate of drug-likeness (QED) is 0.894. The summed E-state index contributed by atoms with van der Waals surface area (Å²) in [6.45, 7) is 8.33. The number of hydrogen-bond acceptors (Lipinski definition) is 5. The van der Waals surface area contributed by atoms with Crippen LogP contribution >= 0.6 is 0 Å². The molecule has 1 atom stereocenters. The molecule has 2 aliphatic heterocycles. The van der Waals surface area contributed by atoms with Crippen LogP contribution in [0.3, 0.4) is 0 Å². The molecule has 1 aromatic carbocycles. The third-order valence-corrected chi connectivity index (χ3v) is 4.29. The van der Waals surface area contributed by atoms with Gasteiger partial charge in [0.05, 0.1) is 0 Å². The molecule has 0 bridgehead atoms. The van der Waals surface area contributed by atoms with E-state index in [9.17, 15) is 9.59 Å². The molecule has 1 aromatic rings. The van der Waals surface area contributed by atoms with Crippen LogP contribution in [0, 0.1) is 5.92 Å². The Morgan fingerprint density at radius 2 is 1.96 bits per heavy atom. The number of amides is 2. The fourth-order valence-electron chi connectivity index (χ4n) is 3.02. The highest BCUT2D eigenvalue weighted by atomic mass is 16.6. The first-order chi connectivity index (χ1) is 12.3. The number of likely N-dealkylation sites (tertiary alicyclic amines) is 1. The fourth-order valence-corrected chi connectivity index (χ4v) is 3.02. The minimum absolute atomic E-state index is 0.155. The molecule has 0 radical (unpaired) electrons. The molecule has 2 amide bonds. The summed E-state index contributed by atoms with van der Waals surface area (Å²) in [5.41, 5.74) is 0.0398. The van der Waals surface area contributed by atoms with E-state index in [4.69, 9.17) is 14.2 Å². The second-order valence-corrected chi connectivity index (χ2v) is 7.65. The normalized spacial score (nSPS) is 19.2. The average molecular weight is 362 g/mol. The topological polar surface area (TPSA) is 77.1 Å². The van der Waals surface area contributed by atoms with Gasteiger partial charge in [0, 0.05) is 25.2 Å². The first kappa shape index (κ1) is 18.4. The lowest BCUT2D eigenvalue weighted by atomic mass is 10.1. The van der Waals surface area contributed by atoms with Gasteiger partial charge >= 0.3 is 6.09 Å². The maximum Gasteiger partial charge on any atom is 0.410 e. The van der Waals surface area contributed by atoms with Gasteiger partial charge in [0.1, 0.15) is 18.8 Å². The van der Waals surface area contributed by atoms with Gasteiger partial charge in [-0.05, 0) is 51.3 Å². The van der Waals surface area contributed by atoms with Gasteiger partial charge in [-0.3, -0.25) is 4.79 Å². The summed E-state index contributed by atoms with van der Waals surface area (Å²) >= 11 is 0. The molecule has 7 heteroatoms. The summed E-state index contributed by atoms with van der Waals surface area (Å²) in [6, 6.07) is 5.18. The van der Waals surface area contributed by atoms with E-state index in [2.05, 4.69) is 5.32 Å². The number of ether oxygens (including phenoxy) is 3. The van der Waals surface area contributed by atoms with Gasteiger partial charge in [-0.2, -0.15) is 0 Å². The van der Waals surface area contributed by atoms with E-state index >= 15 is 0 Å². The van der Waals surface area contributed by atoms with Crippen molar-refractivity contribution in [3.8, 4) is 11.5 Å². The Balaban J connectivity index is 1.49. The van der Waals surface area contributed by atoms with Gasteiger partial charge in [0.15, 0.2) is 11.5 Å². The third kappa shape index (κ3) is 4.59. The number of rotatable bonds is 3. The van der Waals surface area contributed by atoms with E-state index in [0.29, 0.717) is 49.9 Å². The van der Waals surface area contributed by atoms with Crippen LogP contribution in [0.5, 0.6) is 11.5 Å². The Morgan fingerprint density at radius 1 is 1.23 bits per heavy atom. The van der Waals surface area contributed by atoms with Crippen molar-refractivity contribution < 1.29 is 23.8 Å². The highest BCUT2D eigenvalue weighted by Crippen LogP contribution is 2.30. The molecule has 0 spiro atoms. The number of fused-ring (bicyclic) bond motifs is 1. The van der Waals surface area contributed by atoms with Gasteiger partial charge in [-0.25, -0.2) is 4.79 Å². The standard InChI is InChI=1S/C19H26N2O5/c1-19(2,3)26-18(23)21-7-6-13(12-21)11-20-17(22)14-4-5-15-16(10-14)25-9-8-24-15/h4-5,10,13H,6-9,11-12H2,1-3H3,(H,20,22)/t13-/m0/s1. The Labute approximate surface area is 153 Å². The van der Waals surface area contributed by atoms with E-state index in [1.165, 1.54) is 0 Å². The van der Waals surface area contributed by atoms with Crippen molar-refractivity contribution in [2.45, 2.75) is 32.8 Å². The van der Waals surface area contributed by atoms with Gasteiger partial charge in [-0.1, -0.05) is 0 Å². The van der Waals surface area contributed by atoms with Crippen molar-refractivity contribution in [2.75, 3.05) is 32.8 Å². The molecule has 142 valence electrons. The second kappa shape index (κ2) is 7.43. The summed E-state index contributed by atoms with van der Waals surface area (Å²) < 4.78 is 16.4. The van der Waals surface area contributed by atoms with Crippen LogP contribution in [-0.4, -0.2) is 55.3 Å². The largest absolute Gasteiger partial charge is 0.486 e. The Hall–Kier alpha value is -2.44. The molecule has 1 fully saturated rings. The molecule has 26 heavy (non-hydrogen) atoms. The number of benzene rings is 1. The molecule has 2 aliphatic rings. The van der Waals surface area contributed by atoms with Crippen molar-refractivity contribution in [3.63, 3.8) is 0 Å².